The van der Waals surface area contributed by atoms with Crippen LogP contribution < -0.4 is 5.73 Å². The summed E-state index contributed by atoms with van der Waals surface area (Å²) >= 11 is 9.08. The van der Waals surface area contributed by atoms with Gasteiger partial charge in [0.2, 0.25) is 0 Å². The number of hydrogen-bond donors (Lipinski definition) is 1. The number of benzene rings is 1. The Morgan fingerprint density at radius 3 is 2.75 bits per heavy atom. The first-order chi connectivity index (χ1) is 5.65. The van der Waals surface area contributed by atoms with Crippen LogP contribution in [0.15, 0.2) is 22.7 Å². The van der Waals surface area contributed by atoms with E-state index in [1.165, 1.54) is 0 Å². The summed E-state index contributed by atoms with van der Waals surface area (Å²) < 4.78 is 0.812. The van der Waals surface area contributed by atoms with Crippen molar-refractivity contribution in [2.45, 2.75) is 6.04 Å². The lowest BCUT2D eigenvalue weighted by Gasteiger charge is -2.05. The lowest BCUT2D eigenvalue weighted by molar-refractivity contribution is 0.945. The Bertz CT molecular complexity index is 330. The van der Waals surface area contributed by atoms with E-state index in [0.29, 0.717) is 5.02 Å². The molecule has 12 heavy (non-hydrogen) atoms. The largest absolute Gasteiger partial charge is 0.314 e. The number of halogens is 2. The van der Waals surface area contributed by atoms with Crippen LogP contribution in [-0.2, 0) is 0 Å². The molecule has 0 amide bonds. The van der Waals surface area contributed by atoms with Crippen molar-refractivity contribution in [3.8, 4) is 12.3 Å². The fraction of sp³-hybridized carbons (Fsp3) is 0.111. The summed E-state index contributed by atoms with van der Waals surface area (Å²) in [5.74, 6) is 2.44. The zero-order valence-electron chi connectivity index (χ0n) is 6.22. The monoisotopic (exact) mass is 243 g/mol. The molecule has 0 saturated carbocycles. The van der Waals surface area contributed by atoms with Crippen LogP contribution in [0.4, 0.5) is 0 Å². The predicted molar refractivity (Wildman–Crippen MR) is 54.9 cm³/mol. The number of terminal acetylenes is 1. The average Bonchev–Trinajstić information content (AvgIpc) is 2.08. The maximum Gasteiger partial charge on any atom is 0.0918 e. The van der Waals surface area contributed by atoms with E-state index in [2.05, 4.69) is 21.9 Å². The van der Waals surface area contributed by atoms with Gasteiger partial charge in [-0.25, -0.2) is 0 Å². The van der Waals surface area contributed by atoms with E-state index in [1.807, 2.05) is 12.1 Å². The SMILES string of the molecule is C#CC(N)c1ccc(Cl)c(Br)c1. The zero-order valence-corrected chi connectivity index (χ0v) is 8.56. The van der Waals surface area contributed by atoms with E-state index in [-0.39, 0.29) is 6.04 Å². The summed E-state index contributed by atoms with van der Waals surface area (Å²) in [4.78, 5) is 0. The van der Waals surface area contributed by atoms with Crippen molar-refractivity contribution >= 4 is 27.5 Å². The first-order valence-corrected chi connectivity index (χ1v) is 4.49. The molecule has 0 fully saturated rings. The molecule has 0 aliphatic heterocycles. The highest BCUT2D eigenvalue weighted by Crippen LogP contribution is 2.25. The average molecular weight is 245 g/mol. The minimum atomic E-state index is -0.362. The molecule has 0 bridgehead atoms. The predicted octanol–water partition coefficient (Wildman–Crippen LogP) is 2.74. The third kappa shape index (κ3) is 2.01. The topological polar surface area (TPSA) is 26.0 Å². The zero-order chi connectivity index (χ0) is 9.14. The van der Waals surface area contributed by atoms with Crippen molar-refractivity contribution in [1.82, 2.24) is 0 Å². The van der Waals surface area contributed by atoms with Gasteiger partial charge in [-0.15, -0.1) is 6.42 Å². The smallest absolute Gasteiger partial charge is 0.0918 e. The molecule has 1 rings (SSSR count). The number of nitrogens with two attached hydrogens (primary N) is 1. The van der Waals surface area contributed by atoms with Crippen molar-refractivity contribution in [2.75, 3.05) is 0 Å². The Labute approximate surface area is 85.0 Å². The van der Waals surface area contributed by atoms with Crippen molar-refractivity contribution in [3.05, 3.63) is 33.3 Å². The van der Waals surface area contributed by atoms with E-state index in [0.717, 1.165) is 10.0 Å². The summed E-state index contributed by atoms with van der Waals surface area (Å²) in [5.41, 5.74) is 6.50. The molecule has 1 nitrogen and oxygen atoms in total. The maximum absolute atomic E-state index is 5.79. The second-order valence-corrected chi connectivity index (χ2v) is 3.58. The molecule has 1 atom stereocenters. The Morgan fingerprint density at radius 2 is 2.25 bits per heavy atom. The normalized spacial score (nSPS) is 12.2. The maximum atomic E-state index is 5.79. The van der Waals surface area contributed by atoms with Gasteiger partial charge in [-0.1, -0.05) is 23.6 Å². The summed E-state index contributed by atoms with van der Waals surface area (Å²) in [6.07, 6.45) is 5.17. The van der Waals surface area contributed by atoms with Crippen LogP contribution in [0.1, 0.15) is 11.6 Å². The molecule has 1 unspecified atom stereocenters. The fourth-order valence-corrected chi connectivity index (χ4v) is 1.32. The van der Waals surface area contributed by atoms with Gasteiger partial charge in [-0.2, -0.15) is 0 Å². The lowest BCUT2D eigenvalue weighted by Crippen LogP contribution is -2.06. The van der Waals surface area contributed by atoms with E-state index >= 15 is 0 Å². The molecule has 0 aliphatic rings. The molecule has 0 saturated heterocycles. The summed E-state index contributed by atoms with van der Waals surface area (Å²) in [6.45, 7) is 0. The molecule has 0 spiro atoms. The molecule has 3 heteroatoms. The van der Waals surface area contributed by atoms with Crippen molar-refractivity contribution in [3.63, 3.8) is 0 Å². The molecule has 62 valence electrons. The molecule has 0 aromatic heterocycles. The van der Waals surface area contributed by atoms with Crippen LogP contribution in [-0.4, -0.2) is 0 Å². The standard InChI is InChI=1S/C9H7BrClN/c1-2-9(12)6-3-4-8(11)7(10)5-6/h1,3-5,9H,12H2. The van der Waals surface area contributed by atoms with E-state index < -0.39 is 0 Å². The van der Waals surface area contributed by atoms with Gasteiger partial charge in [0.05, 0.1) is 11.1 Å². The van der Waals surface area contributed by atoms with Crippen molar-refractivity contribution in [1.29, 1.82) is 0 Å². The van der Waals surface area contributed by atoms with Crippen LogP contribution in [0.2, 0.25) is 5.02 Å². The second kappa shape index (κ2) is 3.95. The molecular weight excluding hydrogens is 237 g/mol. The first kappa shape index (κ1) is 9.60. The van der Waals surface area contributed by atoms with Gasteiger partial charge in [0.1, 0.15) is 0 Å². The van der Waals surface area contributed by atoms with Crippen LogP contribution in [0, 0.1) is 12.3 Å². The number of hydrogen-bond acceptors (Lipinski definition) is 1. The first-order valence-electron chi connectivity index (χ1n) is 3.32. The van der Waals surface area contributed by atoms with Gasteiger partial charge in [0.15, 0.2) is 0 Å². The minimum absolute atomic E-state index is 0.362. The molecule has 1 aromatic carbocycles. The Morgan fingerprint density at radius 1 is 1.58 bits per heavy atom. The highest BCUT2D eigenvalue weighted by molar-refractivity contribution is 9.10. The second-order valence-electron chi connectivity index (χ2n) is 2.32. The van der Waals surface area contributed by atoms with Crippen LogP contribution in [0.3, 0.4) is 0 Å². The van der Waals surface area contributed by atoms with Crippen LogP contribution in [0.25, 0.3) is 0 Å². The molecule has 0 heterocycles. The van der Waals surface area contributed by atoms with E-state index in [1.54, 1.807) is 6.07 Å². The minimum Gasteiger partial charge on any atom is -0.314 e. The molecule has 1 aromatic rings. The Hall–Kier alpha value is -0.490. The fourth-order valence-electron chi connectivity index (χ4n) is 0.802. The van der Waals surface area contributed by atoms with Gasteiger partial charge in [0.25, 0.3) is 0 Å². The highest BCUT2D eigenvalue weighted by atomic mass is 79.9. The van der Waals surface area contributed by atoms with Crippen LogP contribution >= 0.6 is 27.5 Å². The lowest BCUT2D eigenvalue weighted by atomic mass is 10.1. The molecule has 2 N–H and O–H groups in total. The van der Waals surface area contributed by atoms with E-state index in [4.69, 9.17) is 23.8 Å². The Balaban J connectivity index is 3.06. The van der Waals surface area contributed by atoms with Gasteiger partial charge in [-0.05, 0) is 33.6 Å². The third-order valence-corrected chi connectivity index (χ3v) is 2.70. The van der Waals surface area contributed by atoms with Crippen LogP contribution in [0.5, 0.6) is 0 Å². The highest BCUT2D eigenvalue weighted by Gasteiger charge is 2.03. The summed E-state index contributed by atoms with van der Waals surface area (Å²) in [7, 11) is 0. The summed E-state index contributed by atoms with van der Waals surface area (Å²) in [6, 6.07) is 5.04. The van der Waals surface area contributed by atoms with Gasteiger partial charge >= 0.3 is 0 Å². The molecular formula is C9H7BrClN. The van der Waals surface area contributed by atoms with Gasteiger partial charge in [0, 0.05) is 4.47 Å². The number of rotatable bonds is 1. The Kier molecular flexibility index (Phi) is 3.16. The summed E-state index contributed by atoms with van der Waals surface area (Å²) in [5, 5.41) is 0.656. The van der Waals surface area contributed by atoms with E-state index in [9.17, 15) is 0 Å². The molecule has 0 aliphatic carbocycles. The van der Waals surface area contributed by atoms with Crippen molar-refractivity contribution < 1.29 is 0 Å². The van der Waals surface area contributed by atoms with Gasteiger partial charge < -0.3 is 5.73 Å². The van der Waals surface area contributed by atoms with Crippen molar-refractivity contribution in [2.24, 2.45) is 5.73 Å². The quantitative estimate of drug-likeness (QED) is 0.755. The molecule has 0 radical (unpaired) electrons. The van der Waals surface area contributed by atoms with Gasteiger partial charge in [-0.3, -0.25) is 0 Å². The third-order valence-electron chi connectivity index (χ3n) is 1.48.